The number of hydrogen-bond donors (Lipinski definition) is 0. The second kappa shape index (κ2) is 9.14. The Kier molecular flexibility index (Phi) is 6.92. The normalized spacial score (nSPS) is 48.1. The molecule has 0 saturated heterocycles. The zero-order valence-corrected chi connectivity index (χ0v) is 27.1. The van der Waals surface area contributed by atoms with Crippen LogP contribution in [0.5, 0.6) is 0 Å². The fourth-order valence-electron chi connectivity index (χ4n) is 11.0. The van der Waals surface area contributed by atoms with E-state index in [0.717, 1.165) is 57.6 Å². The van der Waals surface area contributed by atoms with Crippen LogP contribution in [0.2, 0.25) is 0 Å². The van der Waals surface area contributed by atoms with E-state index in [9.17, 15) is 18.0 Å². The molecule has 5 rings (SSSR count). The molecule has 0 radical (unpaired) electrons. The molecule has 0 bridgehead atoms. The minimum Gasteiger partial charge on any atom is -0.466 e. The van der Waals surface area contributed by atoms with Crippen molar-refractivity contribution in [3.05, 3.63) is 11.6 Å². The van der Waals surface area contributed by atoms with Crippen LogP contribution in [-0.2, 0) is 28.6 Å². The molecule has 0 aromatic carbocycles. The van der Waals surface area contributed by atoms with Crippen LogP contribution in [0, 0.1) is 50.2 Å². The van der Waals surface area contributed by atoms with Gasteiger partial charge in [-0.2, -0.15) is 8.42 Å². The lowest BCUT2D eigenvalue weighted by Gasteiger charge is -2.70. The summed E-state index contributed by atoms with van der Waals surface area (Å²) >= 11 is 0. The summed E-state index contributed by atoms with van der Waals surface area (Å²) in [6.45, 7) is 18.1. The van der Waals surface area contributed by atoms with Gasteiger partial charge in [0.05, 0.1) is 24.4 Å². The fourth-order valence-corrected chi connectivity index (χ4v) is 11.8. The Hall–Kier alpha value is -1.21. The van der Waals surface area contributed by atoms with Crippen LogP contribution in [0.3, 0.4) is 0 Å². The van der Waals surface area contributed by atoms with Crippen molar-refractivity contribution < 1.29 is 26.9 Å². The van der Waals surface area contributed by atoms with Crippen molar-refractivity contribution in [1.82, 2.24) is 0 Å². The molecule has 6 nitrogen and oxygen atoms in total. The Morgan fingerprint density at radius 3 is 2.23 bits per heavy atom. The molecular formula is C33H52O6S. The van der Waals surface area contributed by atoms with Crippen molar-refractivity contribution in [2.75, 3.05) is 12.9 Å². The molecule has 4 fully saturated rings. The van der Waals surface area contributed by atoms with Gasteiger partial charge in [0.1, 0.15) is 0 Å². The molecule has 5 aliphatic carbocycles. The molecule has 40 heavy (non-hydrogen) atoms. The number of rotatable bonds is 4. The van der Waals surface area contributed by atoms with E-state index in [-0.39, 0.29) is 62.7 Å². The van der Waals surface area contributed by atoms with Gasteiger partial charge < -0.3 is 4.74 Å². The molecular weight excluding hydrogens is 524 g/mol. The molecule has 0 heterocycles. The van der Waals surface area contributed by atoms with E-state index in [1.165, 1.54) is 5.57 Å². The van der Waals surface area contributed by atoms with E-state index in [4.69, 9.17) is 8.92 Å². The minimum atomic E-state index is -3.57. The van der Waals surface area contributed by atoms with E-state index in [2.05, 4.69) is 48.5 Å². The zero-order valence-electron chi connectivity index (χ0n) is 26.3. The van der Waals surface area contributed by atoms with Crippen molar-refractivity contribution in [2.45, 2.75) is 119 Å². The van der Waals surface area contributed by atoms with Crippen molar-refractivity contribution in [1.29, 1.82) is 0 Å². The van der Waals surface area contributed by atoms with E-state index < -0.39 is 15.5 Å². The number of hydrogen-bond acceptors (Lipinski definition) is 6. The highest BCUT2D eigenvalue weighted by molar-refractivity contribution is 7.86. The first-order valence-corrected chi connectivity index (χ1v) is 17.4. The second-order valence-corrected chi connectivity index (χ2v) is 17.7. The molecule has 5 aliphatic rings. The first kappa shape index (κ1) is 30.3. The molecule has 4 saturated carbocycles. The second-order valence-electron chi connectivity index (χ2n) is 16.1. The molecule has 0 aromatic heterocycles. The van der Waals surface area contributed by atoms with Gasteiger partial charge in [0, 0.05) is 5.92 Å². The topological polar surface area (TPSA) is 86.7 Å². The largest absolute Gasteiger partial charge is 0.466 e. The maximum atomic E-state index is 14.5. The van der Waals surface area contributed by atoms with Crippen LogP contribution in [0.1, 0.15) is 113 Å². The number of ketones is 1. The highest BCUT2D eigenvalue weighted by atomic mass is 32.2. The number of carbonyl (C=O) groups excluding carboxylic acids is 2. The summed E-state index contributed by atoms with van der Waals surface area (Å²) in [7, 11) is -3.57. The van der Waals surface area contributed by atoms with Crippen LogP contribution >= 0.6 is 0 Å². The molecule has 226 valence electrons. The number of esters is 1. The van der Waals surface area contributed by atoms with Gasteiger partial charge in [-0.05, 0) is 117 Å². The third-order valence-electron chi connectivity index (χ3n) is 13.6. The van der Waals surface area contributed by atoms with Crippen LogP contribution in [0.4, 0.5) is 0 Å². The Morgan fingerprint density at radius 2 is 1.60 bits per heavy atom. The molecule has 0 amide bonds. The summed E-state index contributed by atoms with van der Waals surface area (Å²) in [6.07, 6.45) is 10.8. The highest BCUT2D eigenvalue weighted by Crippen LogP contribution is 2.75. The van der Waals surface area contributed by atoms with Gasteiger partial charge in [0.15, 0.2) is 5.78 Å². The van der Waals surface area contributed by atoms with Gasteiger partial charge in [-0.3, -0.25) is 13.8 Å². The standard InChI is InChI=1S/C33H52O6S/c1-10-38-27(35)30(5)16-15-29(4)17-18-32(7)21(22(29)20-30)19-23(34)26-31(6)13-12-25(39-40(9,36)37)28(2,3)24(31)11-14-33(26,32)8/h19,22,24-26H,10-18,20H2,1-9H3/t22-,24-,25-,26+,29+,30-,31-,32+,33+/m0/s1. The summed E-state index contributed by atoms with van der Waals surface area (Å²) in [5.74, 6) is 0.414. The smallest absolute Gasteiger partial charge is 0.311 e. The maximum Gasteiger partial charge on any atom is 0.311 e. The fraction of sp³-hybridized carbons (Fsp3) is 0.879. The predicted molar refractivity (Wildman–Crippen MR) is 156 cm³/mol. The molecule has 0 aromatic rings. The summed E-state index contributed by atoms with van der Waals surface area (Å²) < 4.78 is 35.4. The van der Waals surface area contributed by atoms with Gasteiger partial charge in [-0.15, -0.1) is 0 Å². The monoisotopic (exact) mass is 576 g/mol. The van der Waals surface area contributed by atoms with E-state index >= 15 is 0 Å². The molecule has 9 atom stereocenters. The number of ether oxygens (including phenoxy) is 1. The Labute approximate surface area is 242 Å². The number of carbonyl (C=O) groups is 2. The highest BCUT2D eigenvalue weighted by Gasteiger charge is 2.70. The van der Waals surface area contributed by atoms with Crippen LogP contribution < -0.4 is 0 Å². The summed E-state index contributed by atoms with van der Waals surface area (Å²) in [6, 6.07) is 0. The Balaban J connectivity index is 1.55. The van der Waals surface area contributed by atoms with Crippen molar-refractivity contribution in [2.24, 2.45) is 50.2 Å². The summed E-state index contributed by atoms with van der Waals surface area (Å²) in [5, 5.41) is 0. The summed E-state index contributed by atoms with van der Waals surface area (Å²) in [4.78, 5) is 27.6. The van der Waals surface area contributed by atoms with Crippen molar-refractivity contribution in [3.8, 4) is 0 Å². The van der Waals surface area contributed by atoms with Gasteiger partial charge in [0.25, 0.3) is 10.1 Å². The number of allylic oxidation sites excluding steroid dienone is 2. The van der Waals surface area contributed by atoms with Gasteiger partial charge >= 0.3 is 5.97 Å². The first-order valence-electron chi connectivity index (χ1n) is 15.6. The predicted octanol–water partition coefficient (Wildman–Crippen LogP) is 6.88. The quantitative estimate of drug-likeness (QED) is 0.268. The van der Waals surface area contributed by atoms with Crippen LogP contribution in [0.15, 0.2) is 11.6 Å². The molecule has 0 unspecified atom stereocenters. The first-order chi connectivity index (χ1) is 18.3. The van der Waals surface area contributed by atoms with Crippen molar-refractivity contribution >= 4 is 21.9 Å². The SMILES string of the molecule is CCOC(=O)[C@@]1(C)CC[C@]2(C)CC[C@]3(C)C(=CC(=O)[C@@H]4[C@@]5(C)CC[C@H](OS(C)(=O)=O)C(C)(C)[C@@H]5CC[C@]43C)[C@@H]2C1. The third-order valence-corrected chi connectivity index (χ3v) is 14.2. The molecule has 0 spiro atoms. The van der Waals surface area contributed by atoms with E-state index in [1.54, 1.807) is 0 Å². The lowest BCUT2D eigenvalue weighted by molar-refractivity contribution is -0.199. The average Bonchev–Trinajstić information content (AvgIpc) is 2.83. The zero-order chi connectivity index (χ0) is 29.7. The average molecular weight is 577 g/mol. The molecule has 0 aliphatic heterocycles. The summed E-state index contributed by atoms with van der Waals surface area (Å²) in [5.41, 5.74) is -0.0616. The van der Waals surface area contributed by atoms with Gasteiger partial charge in [-0.1, -0.05) is 47.1 Å². The van der Waals surface area contributed by atoms with Crippen molar-refractivity contribution in [3.63, 3.8) is 0 Å². The van der Waals surface area contributed by atoms with Gasteiger partial charge in [-0.25, -0.2) is 0 Å². The Bertz CT molecular complexity index is 1240. The molecule has 0 N–H and O–H groups in total. The van der Waals surface area contributed by atoms with Gasteiger partial charge in [0.2, 0.25) is 0 Å². The molecule has 7 heteroatoms. The lowest BCUT2D eigenvalue weighted by atomic mass is 9.33. The van der Waals surface area contributed by atoms with E-state index in [0.29, 0.717) is 13.0 Å². The van der Waals surface area contributed by atoms with Crippen LogP contribution in [-0.4, -0.2) is 39.1 Å². The van der Waals surface area contributed by atoms with Crippen LogP contribution in [0.25, 0.3) is 0 Å². The third kappa shape index (κ3) is 4.13. The Morgan fingerprint density at radius 1 is 0.950 bits per heavy atom. The lowest BCUT2D eigenvalue weighted by Crippen LogP contribution is -2.66. The minimum absolute atomic E-state index is 0.0883. The number of fused-ring (bicyclic) bond motifs is 7. The van der Waals surface area contributed by atoms with E-state index in [1.807, 2.05) is 13.0 Å². The maximum absolute atomic E-state index is 14.5.